The smallest absolute Gasteiger partial charge is 0.282 e. The van der Waals surface area contributed by atoms with Crippen molar-refractivity contribution < 1.29 is 13.2 Å². The van der Waals surface area contributed by atoms with Crippen molar-refractivity contribution in [1.82, 2.24) is 0 Å². The number of rotatable bonds is 4. The highest BCUT2D eigenvalue weighted by Crippen LogP contribution is 2.22. The van der Waals surface area contributed by atoms with Gasteiger partial charge in [-0.05, 0) is 53.2 Å². The molecule has 0 N–H and O–H groups in total. The maximum absolute atomic E-state index is 12.1. The van der Waals surface area contributed by atoms with Gasteiger partial charge in [0.1, 0.15) is 5.75 Å². The zero-order chi connectivity index (χ0) is 15.5. The lowest BCUT2D eigenvalue weighted by molar-refractivity contribution is 0.414. The van der Waals surface area contributed by atoms with Crippen LogP contribution in [0.3, 0.4) is 0 Å². The van der Waals surface area contributed by atoms with Crippen molar-refractivity contribution in [3.05, 3.63) is 58.1 Å². The van der Waals surface area contributed by atoms with Crippen LogP contribution in [0.1, 0.15) is 11.1 Å². The van der Waals surface area contributed by atoms with E-state index in [9.17, 15) is 8.42 Å². The maximum atomic E-state index is 12.1. The quantitative estimate of drug-likeness (QED) is 0.776. The van der Waals surface area contributed by atoms with E-state index in [4.69, 9.17) is 4.74 Å². The van der Waals surface area contributed by atoms with E-state index in [2.05, 4.69) is 20.3 Å². The van der Waals surface area contributed by atoms with Crippen molar-refractivity contribution in [2.75, 3.05) is 7.11 Å². The van der Waals surface area contributed by atoms with E-state index in [1.165, 1.54) is 6.21 Å². The molecule has 2 aromatic rings. The van der Waals surface area contributed by atoms with Crippen molar-refractivity contribution in [1.29, 1.82) is 0 Å². The van der Waals surface area contributed by atoms with Gasteiger partial charge < -0.3 is 4.74 Å². The Labute approximate surface area is 132 Å². The number of hydrogen-bond acceptors (Lipinski definition) is 3. The van der Waals surface area contributed by atoms with Crippen molar-refractivity contribution in [3.63, 3.8) is 0 Å². The normalized spacial score (nSPS) is 11.8. The van der Waals surface area contributed by atoms with E-state index in [1.54, 1.807) is 49.6 Å². The lowest BCUT2D eigenvalue weighted by atomic mass is 10.2. The fourth-order valence-electron chi connectivity index (χ4n) is 1.64. The molecular weight excluding hydrogens is 354 g/mol. The van der Waals surface area contributed by atoms with Gasteiger partial charge in [0.2, 0.25) is 0 Å². The molecule has 0 saturated carbocycles. The summed E-state index contributed by atoms with van der Waals surface area (Å²) in [7, 11) is -2.12. The van der Waals surface area contributed by atoms with Crippen molar-refractivity contribution in [2.45, 2.75) is 11.8 Å². The molecule has 0 radical (unpaired) electrons. The third kappa shape index (κ3) is 3.92. The minimum Gasteiger partial charge on any atom is -0.497 e. The fraction of sp³-hybridized carbons (Fsp3) is 0.133. The Kier molecular flexibility index (Phi) is 4.80. The number of hydrogen-bond donors (Lipinski definition) is 0. The SMILES string of the molecule is COc1ccc(/C=N/S(=O)(=O)c2ccc(C)cc2)c(Br)c1. The number of sulfonamides is 1. The molecule has 0 aliphatic heterocycles. The van der Waals surface area contributed by atoms with Crippen molar-refractivity contribution >= 4 is 32.2 Å². The molecule has 0 saturated heterocycles. The van der Waals surface area contributed by atoms with Gasteiger partial charge in [-0.15, -0.1) is 0 Å². The van der Waals surface area contributed by atoms with Crippen LogP contribution in [0.4, 0.5) is 0 Å². The largest absolute Gasteiger partial charge is 0.497 e. The van der Waals surface area contributed by atoms with E-state index in [0.717, 1.165) is 5.56 Å². The Hall–Kier alpha value is -1.66. The Balaban J connectivity index is 2.29. The predicted octanol–water partition coefficient (Wildman–Crippen LogP) is 3.57. The van der Waals surface area contributed by atoms with E-state index in [0.29, 0.717) is 15.8 Å². The molecule has 21 heavy (non-hydrogen) atoms. The first-order chi connectivity index (χ1) is 9.92. The molecule has 0 atom stereocenters. The van der Waals surface area contributed by atoms with Gasteiger partial charge in [-0.2, -0.15) is 12.8 Å². The molecule has 2 rings (SSSR count). The minimum atomic E-state index is -3.69. The molecular formula is C15H14BrNO3S. The molecule has 4 nitrogen and oxygen atoms in total. The molecule has 0 bridgehead atoms. The summed E-state index contributed by atoms with van der Waals surface area (Å²) < 4.78 is 33.7. The maximum Gasteiger partial charge on any atom is 0.282 e. The lowest BCUT2D eigenvalue weighted by Crippen LogP contribution is -1.98. The summed E-state index contributed by atoms with van der Waals surface area (Å²) in [5.41, 5.74) is 1.65. The summed E-state index contributed by atoms with van der Waals surface area (Å²) >= 11 is 3.36. The highest BCUT2D eigenvalue weighted by atomic mass is 79.9. The van der Waals surface area contributed by atoms with Gasteiger partial charge in [0.05, 0.1) is 12.0 Å². The standard InChI is InChI=1S/C15H14BrNO3S/c1-11-3-7-14(8-4-11)21(18,19)17-10-12-5-6-13(20-2)9-15(12)16/h3-10H,1-2H3/b17-10+. The topological polar surface area (TPSA) is 55.7 Å². The second-order valence-corrected chi connectivity index (χ2v) is 6.90. The van der Waals surface area contributed by atoms with Gasteiger partial charge in [0, 0.05) is 16.3 Å². The van der Waals surface area contributed by atoms with Crippen LogP contribution >= 0.6 is 15.9 Å². The average Bonchev–Trinajstić information content (AvgIpc) is 2.46. The van der Waals surface area contributed by atoms with Crippen LogP contribution in [0.2, 0.25) is 0 Å². The van der Waals surface area contributed by atoms with E-state index < -0.39 is 10.0 Å². The first kappa shape index (κ1) is 15.7. The second kappa shape index (κ2) is 6.41. The molecule has 0 spiro atoms. The zero-order valence-electron chi connectivity index (χ0n) is 11.6. The molecule has 0 heterocycles. The van der Waals surface area contributed by atoms with Crippen LogP contribution < -0.4 is 4.74 Å². The molecule has 2 aromatic carbocycles. The number of methoxy groups -OCH3 is 1. The summed E-state index contributed by atoms with van der Waals surface area (Å²) in [6, 6.07) is 11.8. The van der Waals surface area contributed by atoms with Gasteiger partial charge in [-0.25, -0.2) is 0 Å². The van der Waals surface area contributed by atoms with Crippen LogP contribution in [-0.4, -0.2) is 21.7 Å². The molecule has 0 aliphatic carbocycles. The third-order valence-corrected chi connectivity index (χ3v) is 4.79. The molecule has 0 unspecified atom stereocenters. The summed E-state index contributed by atoms with van der Waals surface area (Å²) in [5.74, 6) is 0.681. The first-order valence-electron chi connectivity index (χ1n) is 6.13. The summed E-state index contributed by atoms with van der Waals surface area (Å²) in [6.45, 7) is 1.90. The van der Waals surface area contributed by atoms with Crippen LogP contribution in [0.15, 0.2) is 56.2 Å². The van der Waals surface area contributed by atoms with E-state index >= 15 is 0 Å². The summed E-state index contributed by atoms with van der Waals surface area (Å²) in [6.07, 6.45) is 1.32. The number of aryl methyl sites for hydroxylation is 1. The van der Waals surface area contributed by atoms with Gasteiger partial charge in [-0.1, -0.05) is 17.7 Å². The fourth-order valence-corrected chi connectivity index (χ4v) is 2.95. The van der Waals surface area contributed by atoms with E-state index in [1.807, 2.05) is 6.92 Å². The predicted molar refractivity (Wildman–Crippen MR) is 86.7 cm³/mol. The Morgan fingerprint density at radius 2 is 1.81 bits per heavy atom. The number of ether oxygens (including phenoxy) is 1. The minimum absolute atomic E-state index is 0.175. The molecule has 6 heteroatoms. The Morgan fingerprint density at radius 1 is 1.14 bits per heavy atom. The van der Waals surface area contributed by atoms with Gasteiger partial charge in [0.15, 0.2) is 0 Å². The summed E-state index contributed by atoms with van der Waals surface area (Å²) in [4.78, 5) is 0.175. The average molecular weight is 368 g/mol. The first-order valence-corrected chi connectivity index (χ1v) is 8.36. The highest BCUT2D eigenvalue weighted by molar-refractivity contribution is 9.10. The van der Waals surface area contributed by atoms with Crippen LogP contribution in [0.25, 0.3) is 0 Å². The van der Waals surface area contributed by atoms with E-state index in [-0.39, 0.29) is 4.90 Å². The van der Waals surface area contributed by atoms with Crippen molar-refractivity contribution in [2.24, 2.45) is 4.40 Å². The van der Waals surface area contributed by atoms with Gasteiger partial charge >= 0.3 is 0 Å². The second-order valence-electron chi connectivity index (χ2n) is 4.41. The Bertz CT molecular complexity index is 768. The lowest BCUT2D eigenvalue weighted by Gasteiger charge is -2.03. The molecule has 110 valence electrons. The number of halogens is 1. The monoisotopic (exact) mass is 367 g/mol. The van der Waals surface area contributed by atoms with Gasteiger partial charge in [0.25, 0.3) is 10.0 Å². The van der Waals surface area contributed by atoms with Crippen LogP contribution in [-0.2, 0) is 10.0 Å². The molecule has 0 aliphatic rings. The van der Waals surface area contributed by atoms with Crippen molar-refractivity contribution in [3.8, 4) is 5.75 Å². The third-order valence-electron chi connectivity index (χ3n) is 2.86. The Morgan fingerprint density at radius 3 is 2.38 bits per heavy atom. The molecule has 0 amide bonds. The highest BCUT2D eigenvalue weighted by Gasteiger charge is 2.11. The zero-order valence-corrected chi connectivity index (χ0v) is 14.0. The molecule has 0 aromatic heterocycles. The molecule has 0 fully saturated rings. The van der Waals surface area contributed by atoms with Crippen LogP contribution in [0, 0.1) is 6.92 Å². The summed E-state index contributed by atoms with van der Waals surface area (Å²) in [5, 5.41) is 0. The number of nitrogens with zero attached hydrogens (tertiary/aromatic N) is 1. The number of benzene rings is 2. The van der Waals surface area contributed by atoms with Gasteiger partial charge in [-0.3, -0.25) is 0 Å². The van der Waals surface area contributed by atoms with Crippen LogP contribution in [0.5, 0.6) is 5.75 Å².